The lowest BCUT2D eigenvalue weighted by atomic mass is 9.93. The van der Waals surface area contributed by atoms with Gasteiger partial charge in [-0.2, -0.15) is 0 Å². The number of hydrogen-bond donors (Lipinski definition) is 2. The van der Waals surface area contributed by atoms with Crippen LogP contribution in [0.1, 0.15) is 66.8 Å². The molecule has 0 radical (unpaired) electrons. The number of carbonyl (C=O) groups excluding carboxylic acids is 1. The van der Waals surface area contributed by atoms with Crippen LogP contribution in [0.4, 0.5) is 0 Å². The highest BCUT2D eigenvalue weighted by Gasteiger charge is 2.30. The highest BCUT2D eigenvalue weighted by atomic mass is 35.5. The number of fused-ring (bicyclic) bond motifs is 1. The van der Waals surface area contributed by atoms with E-state index in [1.165, 1.54) is 0 Å². The Hall–Kier alpha value is -3.02. The van der Waals surface area contributed by atoms with Crippen LogP contribution in [0.25, 0.3) is 16.7 Å². The van der Waals surface area contributed by atoms with Gasteiger partial charge in [0.1, 0.15) is 5.82 Å². The van der Waals surface area contributed by atoms with Crippen molar-refractivity contribution >= 4 is 45.8 Å². The molecule has 2 N–H and O–H groups in total. The first-order valence-corrected chi connectivity index (χ1v) is 13.7. The molecule has 0 spiro atoms. The van der Waals surface area contributed by atoms with Crippen molar-refractivity contribution in [3.05, 3.63) is 94.3 Å². The maximum absolute atomic E-state index is 13.4. The average Bonchev–Trinajstić information content (AvgIpc) is 3.54. The Balaban J connectivity index is 1.23. The van der Waals surface area contributed by atoms with E-state index in [2.05, 4.69) is 46.2 Å². The standard InChI is InChI=1S/C30H32Cl2N4O/c1-19(33-20(2)29-34-27-15-12-23(31)18-28(27)35-29)22-11-14-25(26(32)17-22)30(37)36-16-6-9-24(36)13-10-21-7-4-3-5-8-21/h3-5,7,11-12,14-15,17-18,20-21,24,33H,1,6,8-10,13,16H2,2H3,(H,34,35). The van der Waals surface area contributed by atoms with Gasteiger partial charge in [-0.25, -0.2) is 4.98 Å². The Kier molecular flexibility index (Phi) is 7.73. The molecule has 3 unspecified atom stereocenters. The molecule has 1 aromatic heterocycles. The number of nitrogens with one attached hydrogen (secondary N) is 2. The molecule has 1 amide bonds. The summed E-state index contributed by atoms with van der Waals surface area (Å²) in [5, 5.41) is 4.49. The number of benzene rings is 2. The van der Waals surface area contributed by atoms with Crippen LogP contribution in [-0.2, 0) is 0 Å². The molecule has 5 rings (SSSR count). The number of aromatic nitrogens is 2. The molecule has 1 aliphatic carbocycles. The number of nitrogens with zero attached hydrogens (tertiary/aromatic N) is 2. The zero-order valence-electron chi connectivity index (χ0n) is 21.0. The molecule has 5 nitrogen and oxygen atoms in total. The number of halogens is 2. The third kappa shape index (κ3) is 5.78. The SMILES string of the molecule is C=C(NC(C)c1nc2cc(Cl)ccc2[nH]1)c1ccc(C(=O)N2CCCC2CCC2C=CC=CC2)c(Cl)c1. The lowest BCUT2D eigenvalue weighted by Gasteiger charge is -2.26. The van der Waals surface area contributed by atoms with Crippen LogP contribution in [0.5, 0.6) is 0 Å². The van der Waals surface area contributed by atoms with Gasteiger partial charge in [-0.1, -0.05) is 60.2 Å². The van der Waals surface area contributed by atoms with Gasteiger partial charge in [0, 0.05) is 23.3 Å². The maximum atomic E-state index is 13.4. The second-order valence-electron chi connectivity index (χ2n) is 10.0. The van der Waals surface area contributed by atoms with Gasteiger partial charge in [-0.05, 0) is 80.8 Å². The van der Waals surface area contributed by atoms with Gasteiger partial charge in [0.05, 0.1) is 27.7 Å². The van der Waals surface area contributed by atoms with E-state index in [1.54, 1.807) is 0 Å². The van der Waals surface area contributed by atoms with E-state index >= 15 is 0 Å². The average molecular weight is 536 g/mol. The number of aromatic amines is 1. The quantitative estimate of drug-likeness (QED) is 0.311. The zero-order valence-corrected chi connectivity index (χ0v) is 22.5. The van der Waals surface area contributed by atoms with Crippen LogP contribution < -0.4 is 5.32 Å². The van der Waals surface area contributed by atoms with Crippen LogP contribution in [0, 0.1) is 5.92 Å². The normalized spacial score (nSPS) is 19.9. The Morgan fingerprint density at radius 2 is 2.08 bits per heavy atom. The lowest BCUT2D eigenvalue weighted by Crippen LogP contribution is -2.36. The van der Waals surface area contributed by atoms with Gasteiger partial charge < -0.3 is 15.2 Å². The number of allylic oxidation sites excluding steroid dienone is 4. The van der Waals surface area contributed by atoms with Crippen LogP contribution in [0.15, 0.2) is 67.3 Å². The Labute approximate surface area is 228 Å². The lowest BCUT2D eigenvalue weighted by molar-refractivity contribution is 0.0727. The summed E-state index contributed by atoms with van der Waals surface area (Å²) in [7, 11) is 0. The van der Waals surface area contributed by atoms with E-state index in [0.29, 0.717) is 27.2 Å². The number of likely N-dealkylation sites (tertiary alicyclic amines) is 1. The van der Waals surface area contributed by atoms with E-state index in [0.717, 1.165) is 61.1 Å². The van der Waals surface area contributed by atoms with E-state index in [9.17, 15) is 4.79 Å². The van der Waals surface area contributed by atoms with Crippen molar-refractivity contribution in [1.29, 1.82) is 0 Å². The first-order valence-electron chi connectivity index (χ1n) is 12.9. The van der Waals surface area contributed by atoms with Gasteiger partial charge >= 0.3 is 0 Å². The summed E-state index contributed by atoms with van der Waals surface area (Å²) in [5.74, 6) is 1.38. The molecule has 2 heterocycles. The van der Waals surface area contributed by atoms with Crippen molar-refractivity contribution < 1.29 is 4.79 Å². The van der Waals surface area contributed by atoms with Gasteiger partial charge in [0.25, 0.3) is 5.91 Å². The molecule has 1 fully saturated rings. The van der Waals surface area contributed by atoms with Gasteiger partial charge in [0.2, 0.25) is 0 Å². The number of carbonyl (C=O) groups is 1. The summed E-state index contributed by atoms with van der Waals surface area (Å²) in [6.45, 7) is 6.99. The number of rotatable bonds is 8. The molecule has 1 saturated heterocycles. The molecule has 1 aliphatic heterocycles. The molecule has 2 aliphatic rings. The monoisotopic (exact) mass is 534 g/mol. The third-order valence-electron chi connectivity index (χ3n) is 7.39. The van der Waals surface area contributed by atoms with Crippen LogP contribution >= 0.6 is 23.2 Å². The van der Waals surface area contributed by atoms with Crippen LogP contribution in [0.2, 0.25) is 10.0 Å². The minimum Gasteiger partial charge on any atom is -0.375 e. The topological polar surface area (TPSA) is 61.0 Å². The van der Waals surface area contributed by atoms with Crippen molar-refractivity contribution in [2.45, 2.75) is 51.1 Å². The predicted molar refractivity (Wildman–Crippen MR) is 153 cm³/mol. The van der Waals surface area contributed by atoms with Crippen molar-refractivity contribution in [3.63, 3.8) is 0 Å². The third-order valence-corrected chi connectivity index (χ3v) is 7.94. The van der Waals surface area contributed by atoms with Gasteiger partial charge in [0.15, 0.2) is 0 Å². The molecule has 2 aromatic carbocycles. The van der Waals surface area contributed by atoms with E-state index in [1.807, 2.05) is 48.2 Å². The molecule has 7 heteroatoms. The first kappa shape index (κ1) is 25.6. The first-order chi connectivity index (χ1) is 17.9. The fourth-order valence-electron chi connectivity index (χ4n) is 5.30. The number of hydrogen-bond acceptors (Lipinski definition) is 3. The summed E-state index contributed by atoms with van der Waals surface area (Å²) in [6.07, 6.45) is 14.0. The smallest absolute Gasteiger partial charge is 0.255 e. The minimum absolute atomic E-state index is 0.0195. The zero-order chi connectivity index (χ0) is 25.9. The molecule has 3 aromatic rings. The van der Waals surface area contributed by atoms with E-state index in [-0.39, 0.29) is 18.0 Å². The molecule has 3 atom stereocenters. The van der Waals surface area contributed by atoms with Crippen LogP contribution in [-0.4, -0.2) is 33.4 Å². The van der Waals surface area contributed by atoms with E-state index < -0.39 is 0 Å². The van der Waals surface area contributed by atoms with Gasteiger partial charge in [-0.15, -0.1) is 0 Å². The Morgan fingerprint density at radius 1 is 1.22 bits per heavy atom. The highest BCUT2D eigenvalue weighted by Crippen LogP contribution is 2.30. The van der Waals surface area contributed by atoms with E-state index in [4.69, 9.17) is 23.2 Å². The summed E-state index contributed by atoms with van der Waals surface area (Å²) >= 11 is 12.7. The van der Waals surface area contributed by atoms with Crippen LogP contribution in [0.3, 0.4) is 0 Å². The Morgan fingerprint density at radius 3 is 2.86 bits per heavy atom. The molecule has 0 saturated carbocycles. The second-order valence-corrected chi connectivity index (χ2v) is 10.8. The predicted octanol–water partition coefficient (Wildman–Crippen LogP) is 7.71. The summed E-state index contributed by atoms with van der Waals surface area (Å²) < 4.78 is 0. The maximum Gasteiger partial charge on any atom is 0.255 e. The largest absolute Gasteiger partial charge is 0.375 e. The number of H-pyrrole nitrogens is 1. The molecule has 192 valence electrons. The molecule has 0 bridgehead atoms. The number of amides is 1. The number of imidazole rings is 1. The minimum atomic E-state index is -0.112. The molecular formula is C30H32Cl2N4O. The fourth-order valence-corrected chi connectivity index (χ4v) is 5.73. The fraction of sp³-hybridized carbons (Fsp3) is 0.333. The summed E-state index contributed by atoms with van der Waals surface area (Å²) in [4.78, 5) is 23.4. The summed E-state index contributed by atoms with van der Waals surface area (Å²) in [6, 6.07) is 11.3. The highest BCUT2D eigenvalue weighted by molar-refractivity contribution is 6.34. The summed E-state index contributed by atoms with van der Waals surface area (Å²) in [5.41, 5.74) is 3.84. The van der Waals surface area contributed by atoms with Crippen molar-refractivity contribution in [1.82, 2.24) is 20.2 Å². The second kappa shape index (κ2) is 11.2. The Bertz CT molecular complexity index is 1380. The molecule has 37 heavy (non-hydrogen) atoms. The molecular weight excluding hydrogens is 503 g/mol. The van der Waals surface area contributed by atoms with Gasteiger partial charge in [-0.3, -0.25) is 4.79 Å². The van der Waals surface area contributed by atoms with Crippen molar-refractivity contribution in [2.75, 3.05) is 6.54 Å². The van der Waals surface area contributed by atoms with Crippen molar-refractivity contribution in [3.8, 4) is 0 Å². The van der Waals surface area contributed by atoms with Crippen molar-refractivity contribution in [2.24, 2.45) is 5.92 Å².